The molecular formula is C16H13N3O2. The molecule has 3 aromatic rings. The van der Waals surface area contributed by atoms with Crippen LogP contribution in [0.5, 0.6) is 0 Å². The average Bonchev–Trinajstić information content (AvgIpc) is 2.95. The van der Waals surface area contributed by atoms with Gasteiger partial charge in [-0.2, -0.15) is 0 Å². The van der Waals surface area contributed by atoms with E-state index in [1.807, 2.05) is 42.5 Å². The van der Waals surface area contributed by atoms with Crippen molar-refractivity contribution in [3.8, 4) is 11.1 Å². The number of anilines is 1. The van der Waals surface area contributed by atoms with Crippen LogP contribution in [0, 0.1) is 6.92 Å². The quantitative estimate of drug-likeness (QED) is 0.798. The molecule has 0 unspecified atom stereocenters. The number of nitrogens with one attached hydrogen (secondary N) is 1. The zero-order valence-corrected chi connectivity index (χ0v) is 11.4. The lowest BCUT2D eigenvalue weighted by Gasteiger charge is -2.09. The zero-order valence-electron chi connectivity index (χ0n) is 11.4. The van der Waals surface area contributed by atoms with Gasteiger partial charge >= 0.3 is 0 Å². The highest BCUT2D eigenvalue weighted by Crippen LogP contribution is 2.25. The van der Waals surface area contributed by atoms with Gasteiger partial charge in [0, 0.05) is 11.8 Å². The number of aryl methyl sites for hydroxylation is 1. The molecular weight excluding hydrogens is 266 g/mol. The number of hydrogen-bond acceptors (Lipinski definition) is 4. The minimum Gasteiger partial charge on any atom is -0.448 e. The lowest BCUT2D eigenvalue weighted by atomic mass is 10.1. The Labute approximate surface area is 121 Å². The molecule has 0 saturated carbocycles. The van der Waals surface area contributed by atoms with Gasteiger partial charge in [0.25, 0.3) is 5.91 Å². The highest BCUT2D eigenvalue weighted by atomic mass is 16.3. The summed E-state index contributed by atoms with van der Waals surface area (Å²) < 4.78 is 5.05. The zero-order chi connectivity index (χ0) is 14.7. The molecule has 1 amide bonds. The normalized spacial score (nSPS) is 10.3. The smallest absolute Gasteiger partial charge is 0.279 e. The molecule has 0 radical (unpaired) electrons. The molecule has 0 aliphatic carbocycles. The molecule has 2 aromatic heterocycles. The Balaban J connectivity index is 1.94. The first-order valence-electron chi connectivity index (χ1n) is 6.47. The molecule has 1 aromatic carbocycles. The van der Waals surface area contributed by atoms with Crippen LogP contribution in [0.1, 0.15) is 16.2 Å². The Kier molecular flexibility index (Phi) is 3.47. The fourth-order valence-corrected chi connectivity index (χ4v) is 2.05. The predicted molar refractivity (Wildman–Crippen MR) is 78.9 cm³/mol. The van der Waals surface area contributed by atoms with Crippen LogP contribution in [0.2, 0.25) is 0 Å². The first-order valence-corrected chi connectivity index (χ1v) is 6.47. The van der Waals surface area contributed by atoms with Crippen molar-refractivity contribution >= 4 is 11.7 Å². The van der Waals surface area contributed by atoms with Gasteiger partial charge in [-0.05, 0) is 24.6 Å². The van der Waals surface area contributed by atoms with Crippen LogP contribution in [0.25, 0.3) is 11.1 Å². The van der Waals surface area contributed by atoms with Gasteiger partial charge in [0.1, 0.15) is 11.6 Å². The third kappa shape index (κ3) is 2.67. The molecule has 5 nitrogen and oxygen atoms in total. The van der Waals surface area contributed by atoms with Crippen molar-refractivity contribution in [2.75, 3.05) is 5.32 Å². The maximum absolute atomic E-state index is 12.2. The molecule has 104 valence electrons. The molecule has 0 aliphatic heterocycles. The van der Waals surface area contributed by atoms with Crippen molar-refractivity contribution in [2.24, 2.45) is 0 Å². The first kappa shape index (κ1) is 13.1. The SMILES string of the molecule is Cc1ocnc1C(=O)Nc1ncccc1-c1ccccc1. The Hall–Kier alpha value is -2.95. The summed E-state index contributed by atoms with van der Waals surface area (Å²) in [7, 11) is 0. The molecule has 1 N–H and O–H groups in total. The van der Waals surface area contributed by atoms with E-state index in [0.29, 0.717) is 11.6 Å². The maximum atomic E-state index is 12.2. The van der Waals surface area contributed by atoms with Gasteiger partial charge in [-0.15, -0.1) is 0 Å². The Morgan fingerprint density at radius 1 is 1.10 bits per heavy atom. The molecule has 5 heteroatoms. The van der Waals surface area contributed by atoms with E-state index in [1.165, 1.54) is 6.39 Å². The van der Waals surface area contributed by atoms with Crippen molar-refractivity contribution in [1.29, 1.82) is 0 Å². The maximum Gasteiger partial charge on any atom is 0.279 e. The van der Waals surface area contributed by atoms with E-state index in [1.54, 1.807) is 13.1 Å². The molecule has 0 fully saturated rings. The molecule has 0 saturated heterocycles. The van der Waals surface area contributed by atoms with Gasteiger partial charge in [0.2, 0.25) is 0 Å². The number of carbonyl (C=O) groups is 1. The average molecular weight is 279 g/mol. The van der Waals surface area contributed by atoms with Crippen LogP contribution in [-0.4, -0.2) is 15.9 Å². The van der Waals surface area contributed by atoms with Crippen LogP contribution >= 0.6 is 0 Å². The van der Waals surface area contributed by atoms with Gasteiger partial charge in [0.15, 0.2) is 12.1 Å². The van der Waals surface area contributed by atoms with Crippen LogP contribution in [0.3, 0.4) is 0 Å². The van der Waals surface area contributed by atoms with E-state index in [2.05, 4.69) is 15.3 Å². The largest absolute Gasteiger partial charge is 0.448 e. The van der Waals surface area contributed by atoms with Crippen molar-refractivity contribution < 1.29 is 9.21 Å². The highest BCUT2D eigenvalue weighted by molar-refractivity contribution is 6.04. The monoisotopic (exact) mass is 279 g/mol. The predicted octanol–water partition coefficient (Wildman–Crippen LogP) is 3.30. The standard InChI is InChI=1S/C16H13N3O2/c1-11-14(18-10-21-11)16(20)19-15-13(8-5-9-17-15)12-6-3-2-4-7-12/h2-10H,1H3,(H,17,19,20). The minimum atomic E-state index is -0.336. The first-order chi connectivity index (χ1) is 10.3. The van der Waals surface area contributed by atoms with E-state index in [0.717, 1.165) is 11.1 Å². The molecule has 2 heterocycles. The second-order valence-corrected chi connectivity index (χ2v) is 4.48. The van der Waals surface area contributed by atoms with E-state index in [9.17, 15) is 4.79 Å². The molecule has 0 atom stereocenters. The third-order valence-corrected chi connectivity index (χ3v) is 3.08. The van der Waals surface area contributed by atoms with Crippen LogP contribution < -0.4 is 5.32 Å². The molecule has 3 rings (SSSR count). The van der Waals surface area contributed by atoms with E-state index in [-0.39, 0.29) is 11.6 Å². The van der Waals surface area contributed by atoms with Crippen LogP contribution in [-0.2, 0) is 0 Å². The number of carbonyl (C=O) groups excluding carboxylic acids is 1. The lowest BCUT2D eigenvalue weighted by Crippen LogP contribution is -2.15. The van der Waals surface area contributed by atoms with E-state index >= 15 is 0 Å². The van der Waals surface area contributed by atoms with Crippen LogP contribution in [0.15, 0.2) is 59.5 Å². The van der Waals surface area contributed by atoms with Gasteiger partial charge < -0.3 is 9.73 Å². The molecule has 0 spiro atoms. The summed E-state index contributed by atoms with van der Waals surface area (Å²) >= 11 is 0. The van der Waals surface area contributed by atoms with E-state index < -0.39 is 0 Å². The summed E-state index contributed by atoms with van der Waals surface area (Å²) in [5.74, 6) is 0.637. The fourth-order valence-electron chi connectivity index (χ4n) is 2.05. The topological polar surface area (TPSA) is 68.0 Å². The molecule has 0 aliphatic rings. The number of benzene rings is 1. The number of amides is 1. The Bertz CT molecular complexity index is 766. The van der Waals surface area contributed by atoms with Crippen molar-refractivity contribution in [2.45, 2.75) is 6.92 Å². The second-order valence-electron chi connectivity index (χ2n) is 4.48. The summed E-state index contributed by atoms with van der Waals surface area (Å²) in [6, 6.07) is 13.5. The Morgan fingerprint density at radius 2 is 1.90 bits per heavy atom. The van der Waals surface area contributed by atoms with Gasteiger partial charge in [-0.1, -0.05) is 30.3 Å². The number of pyridine rings is 1. The van der Waals surface area contributed by atoms with Crippen molar-refractivity contribution in [3.63, 3.8) is 0 Å². The molecule has 21 heavy (non-hydrogen) atoms. The third-order valence-electron chi connectivity index (χ3n) is 3.08. The Morgan fingerprint density at radius 3 is 2.62 bits per heavy atom. The van der Waals surface area contributed by atoms with Crippen molar-refractivity contribution in [1.82, 2.24) is 9.97 Å². The summed E-state index contributed by atoms with van der Waals surface area (Å²) in [6.07, 6.45) is 2.89. The van der Waals surface area contributed by atoms with Crippen LogP contribution in [0.4, 0.5) is 5.82 Å². The van der Waals surface area contributed by atoms with Gasteiger partial charge in [0.05, 0.1) is 0 Å². The lowest BCUT2D eigenvalue weighted by molar-refractivity contribution is 0.102. The summed E-state index contributed by atoms with van der Waals surface area (Å²) in [6.45, 7) is 1.69. The summed E-state index contributed by atoms with van der Waals surface area (Å²) in [5.41, 5.74) is 2.10. The number of rotatable bonds is 3. The number of hydrogen-bond donors (Lipinski definition) is 1. The number of aromatic nitrogens is 2. The van der Waals surface area contributed by atoms with E-state index in [4.69, 9.17) is 4.42 Å². The fraction of sp³-hybridized carbons (Fsp3) is 0.0625. The summed E-state index contributed by atoms with van der Waals surface area (Å²) in [4.78, 5) is 20.4. The number of nitrogens with zero attached hydrogens (tertiary/aromatic N) is 2. The van der Waals surface area contributed by atoms with Gasteiger partial charge in [-0.3, -0.25) is 4.79 Å². The minimum absolute atomic E-state index is 0.264. The summed E-state index contributed by atoms with van der Waals surface area (Å²) in [5, 5.41) is 2.78. The van der Waals surface area contributed by atoms with Crippen molar-refractivity contribution in [3.05, 3.63) is 66.5 Å². The van der Waals surface area contributed by atoms with Gasteiger partial charge in [-0.25, -0.2) is 9.97 Å². The molecule has 0 bridgehead atoms. The highest BCUT2D eigenvalue weighted by Gasteiger charge is 2.16. The second kappa shape index (κ2) is 5.58. The number of oxazole rings is 1.